The van der Waals surface area contributed by atoms with Gasteiger partial charge in [-0.15, -0.1) is 0 Å². The summed E-state index contributed by atoms with van der Waals surface area (Å²) in [6.07, 6.45) is 3.19. The van der Waals surface area contributed by atoms with Crippen LogP contribution in [-0.2, 0) is 6.54 Å². The first-order valence-electron chi connectivity index (χ1n) is 4.79. The smallest absolute Gasteiger partial charge is 0.147 e. The van der Waals surface area contributed by atoms with Crippen LogP contribution in [0.1, 0.15) is 5.69 Å². The molecular weight excluding hydrogens is 196 g/mol. The molecule has 0 aliphatic rings. The third-order valence-electron chi connectivity index (χ3n) is 1.96. The summed E-state index contributed by atoms with van der Waals surface area (Å²) in [5.41, 5.74) is 6.11. The molecular formula is C9H16N4O2. The predicted octanol–water partition coefficient (Wildman–Crippen LogP) is -1.27. The van der Waals surface area contributed by atoms with E-state index in [1.165, 1.54) is 0 Å². The van der Waals surface area contributed by atoms with Gasteiger partial charge in [-0.05, 0) is 0 Å². The van der Waals surface area contributed by atoms with Crippen LogP contribution in [0, 0.1) is 0 Å². The highest BCUT2D eigenvalue weighted by Gasteiger charge is 2.06. The van der Waals surface area contributed by atoms with Crippen LogP contribution >= 0.6 is 0 Å². The molecule has 1 heterocycles. The minimum absolute atomic E-state index is 0.0142. The van der Waals surface area contributed by atoms with Gasteiger partial charge in [-0.2, -0.15) is 0 Å². The Balaban J connectivity index is 2.72. The maximum Gasteiger partial charge on any atom is 0.147 e. The molecule has 0 unspecified atom stereocenters. The molecule has 0 aliphatic heterocycles. The van der Waals surface area contributed by atoms with Gasteiger partial charge in [0.2, 0.25) is 0 Å². The van der Waals surface area contributed by atoms with Crippen molar-refractivity contribution in [1.82, 2.24) is 9.97 Å². The van der Waals surface area contributed by atoms with Crippen molar-refractivity contribution in [3.8, 4) is 0 Å². The lowest BCUT2D eigenvalue weighted by atomic mass is 10.4. The molecule has 0 atom stereocenters. The second-order valence-corrected chi connectivity index (χ2v) is 3.00. The van der Waals surface area contributed by atoms with Gasteiger partial charge in [-0.3, -0.25) is 4.98 Å². The lowest BCUT2D eigenvalue weighted by Gasteiger charge is -2.21. The fourth-order valence-electron chi connectivity index (χ4n) is 1.20. The van der Waals surface area contributed by atoms with E-state index < -0.39 is 0 Å². The van der Waals surface area contributed by atoms with Gasteiger partial charge in [0, 0.05) is 19.6 Å². The van der Waals surface area contributed by atoms with Crippen LogP contribution in [0.3, 0.4) is 0 Å². The molecule has 6 heteroatoms. The molecule has 0 fully saturated rings. The van der Waals surface area contributed by atoms with E-state index >= 15 is 0 Å². The molecule has 0 bridgehead atoms. The molecule has 15 heavy (non-hydrogen) atoms. The maximum atomic E-state index is 8.83. The van der Waals surface area contributed by atoms with Crippen molar-refractivity contribution >= 4 is 5.82 Å². The number of hydrogen-bond acceptors (Lipinski definition) is 6. The number of aromatic nitrogens is 2. The van der Waals surface area contributed by atoms with Crippen LogP contribution in [0.2, 0.25) is 0 Å². The van der Waals surface area contributed by atoms with Gasteiger partial charge in [0.05, 0.1) is 31.3 Å². The Labute approximate surface area is 88.4 Å². The van der Waals surface area contributed by atoms with Crippen LogP contribution in [0.25, 0.3) is 0 Å². The average molecular weight is 212 g/mol. The third kappa shape index (κ3) is 3.43. The zero-order valence-electron chi connectivity index (χ0n) is 8.50. The first kappa shape index (κ1) is 11.8. The normalized spacial score (nSPS) is 10.3. The van der Waals surface area contributed by atoms with Crippen molar-refractivity contribution in [2.24, 2.45) is 5.73 Å². The summed E-state index contributed by atoms with van der Waals surface area (Å²) in [6, 6.07) is 0. The maximum absolute atomic E-state index is 8.83. The predicted molar refractivity (Wildman–Crippen MR) is 56.3 cm³/mol. The number of nitrogens with two attached hydrogens (primary N) is 1. The van der Waals surface area contributed by atoms with E-state index in [2.05, 4.69) is 9.97 Å². The topological polar surface area (TPSA) is 95.5 Å². The summed E-state index contributed by atoms with van der Waals surface area (Å²) in [7, 11) is 0. The van der Waals surface area contributed by atoms with Crippen LogP contribution in [0.4, 0.5) is 5.82 Å². The van der Waals surface area contributed by atoms with Crippen LogP contribution in [-0.4, -0.2) is 46.5 Å². The van der Waals surface area contributed by atoms with E-state index in [-0.39, 0.29) is 13.2 Å². The van der Waals surface area contributed by atoms with Crippen LogP contribution in [0.5, 0.6) is 0 Å². The minimum atomic E-state index is 0.0142. The van der Waals surface area contributed by atoms with Gasteiger partial charge in [-0.1, -0.05) is 0 Å². The van der Waals surface area contributed by atoms with Crippen molar-refractivity contribution < 1.29 is 10.2 Å². The van der Waals surface area contributed by atoms with Crippen molar-refractivity contribution in [1.29, 1.82) is 0 Å². The number of nitrogens with zero attached hydrogens (tertiary/aromatic N) is 3. The summed E-state index contributed by atoms with van der Waals surface area (Å²) >= 11 is 0. The number of hydrogen-bond donors (Lipinski definition) is 3. The van der Waals surface area contributed by atoms with E-state index in [0.29, 0.717) is 31.1 Å². The Bertz CT molecular complexity index is 272. The van der Waals surface area contributed by atoms with Crippen LogP contribution in [0.15, 0.2) is 12.4 Å². The van der Waals surface area contributed by atoms with E-state index in [0.717, 1.165) is 0 Å². The summed E-state index contributed by atoms with van der Waals surface area (Å²) in [5.74, 6) is 0.635. The van der Waals surface area contributed by atoms with Gasteiger partial charge >= 0.3 is 0 Å². The molecule has 84 valence electrons. The minimum Gasteiger partial charge on any atom is -0.395 e. The average Bonchev–Trinajstić information content (AvgIpc) is 2.29. The van der Waals surface area contributed by atoms with Crippen LogP contribution < -0.4 is 10.6 Å². The monoisotopic (exact) mass is 212 g/mol. The molecule has 1 rings (SSSR count). The summed E-state index contributed by atoms with van der Waals surface area (Å²) < 4.78 is 0. The molecule has 6 nitrogen and oxygen atoms in total. The Morgan fingerprint density at radius 1 is 1.13 bits per heavy atom. The summed E-state index contributed by atoms with van der Waals surface area (Å²) in [6.45, 7) is 1.24. The van der Waals surface area contributed by atoms with E-state index in [9.17, 15) is 0 Å². The number of aliphatic hydroxyl groups is 2. The Morgan fingerprint density at radius 2 is 1.80 bits per heavy atom. The SMILES string of the molecule is NCc1cnc(N(CCO)CCO)cn1. The summed E-state index contributed by atoms with van der Waals surface area (Å²) in [5, 5.41) is 17.7. The fourth-order valence-corrected chi connectivity index (χ4v) is 1.20. The zero-order valence-corrected chi connectivity index (χ0v) is 8.50. The standard InChI is InChI=1S/C9H16N4O2/c10-5-8-6-12-9(7-11-8)13(1-3-14)2-4-15/h6-7,14-15H,1-5,10H2. The first-order chi connectivity index (χ1) is 7.31. The molecule has 0 saturated heterocycles. The Kier molecular flexibility index (Phi) is 4.96. The third-order valence-corrected chi connectivity index (χ3v) is 1.96. The van der Waals surface area contributed by atoms with E-state index in [1.807, 2.05) is 0 Å². The van der Waals surface area contributed by atoms with Crippen molar-refractivity contribution in [2.75, 3.05) is 31.2 Å². The number of rotatable bonds is 6. The molecule has 0 aliphatic carbocycles. The Morgan fingerprint density at radius 3 is 2.20 bits per heavy atom. The van der Waals surface area contributed by atoms with Crippen molar-refractivity contribution in [2.45, 2.75) is 6.54 Å². The molecule has 1 aromatic rings. The lowest BCUT2D eigenvalue weighted by Crippen LogP contribution is -2.30. The van der Waals surface area contributed by atoms with Crippen molar-refractivity contribution in [3.63, 3.8) is 0 Å². The molecule has 4 N–H and O–H groups in total. The molecule has 0 amide bonds. The second kappa shape index (κ2) is 6.28. The van der Waals surface area contributed by atoms with Gasteiger partial charge in [0.1, 0.15) is 5.82 Å². The highest BCUT2D eigenvalue weighted by Crippen LogP contribution is 2.07. The van der Waals surface area contributed by atoms with E-state index in [1.54, 1.807) is 17.3 Å². The Hall–Kier alpha value is -1.24. The van der Waals surface area contributed by atoms with Gasteiger partial charge in [0.15, 0.2) is 0 Å². The van der Waals surface area contributed by atoms with Crippen molar-refractivity contribution in [3.05, 3.63) is 18.1 Å². The highest BCUT2D eigenvalue weighted by atomic mass is 16.3. The largest absolute Gasteiger partial charge is 0.395 e. The molecule has 0 spiro atoms. The highest BCUT2D eigenvalue weighted by molar-refractivity contribution is 5.35. The summed E-state index contributed by atoms with van der Waals surface area (Å²) in [4.78, 5) is 10.00. The van der Waals surface area contributed by atoms with Gasteiger partial charge in [-0.25, -0.2) is 4.98 Å². The van der Waals surface area contributed by atoms with Gasteiger partial charge in [0.25, 0.3) is 0 Å². The quantitative estimate of drug-likeness (QED) is 0.544. The second-order valence-electron chi connectivity index (χ2n) is 3.00. The number of aliphatic hydroxyl groups excluding tert-OH is 2. The zero-order chi connectivity index (χ0) is 11.1. The molecule has 0 aromatic carbocycles. The lowest BCUT2D eigenvalue weighted by molar-refractivity contribution is 0.280. The fraction of sp³-hybridized carbons (Fsp3) is 0.556. The molecule has 0 saturated carbocycles. The number of anilines is 1. The first-order valence-corrected chi connectivity index (χ1v) is 4.79. The van der Waals surface area contributed by atoms with Gasteiger partial charge < -0.3 is 20.8 Å². The van der Waals surface area contributed by atoms with E-state index in [4.69, 9.17) is 15.9 Å². The molecule has 0 radical (unpaired) electrons. The molecule has 1 aromatic heterocycles.